The van der Waals surface area contributed by atoms with Gasteiger partial charge in [-0.05, 0) is 61.1 Å². The molecule has 0 saturated carbocycles. The fourth-order valence-electron chi connectivity index (χ4n) is 6.27. The zero-order valence-electron chi connectivity index (χ0n) is 23.9. The summed E-state index contributed by atoms with van der Waals surface area (Å²) < 4.78 is 99.0. The van der Waals surface area contributed by atoms with Crippen molar-refractivity contribution in [3.8, 4) is 28.4 Å². The van der Waals surface area contributed by atoms with E-state index in [1.54, 1.807) is 18.2 Å². The molecule has 2 N–H and O–H groups in total. The van der Waals surface area contributed by atoms with Gasteiger partial charge in [0.2, 0.25) is 0 Å². The molecule has 3 aliphatic rings. The molecule has 6 rings (SSSR count). The van der Waals surface area contributed by atoms with Crippen molar-refractivity contribution in [2.24, 2.45) is 0 Å². The van der Waals surface area contributed by atoms with Crippen LogP contribution < -0.4 is 14.2 Å². The predicted molar refractivity (Wildman–Crippen MR) is 154 cm³/mol. The summed E-state index contributed by atoms with van der Waals surface area (Å²) in [5, 5.41) is 19.8. The van der Waals surface area contributed by atoms with E-state index in [9.17, 15) is 31.5 Å². The van der Waals surface area contributed by atoms with Gasteiger partial charge >= 0.3 is 12.1 Å². The Bertz CT molecular complexity index is 1740. The van der Waals surface area contributed by atoms with Crippen molar-refractivity contribution in [1.82, 2.24) is 0 Å². The molecule has 8 nitrogen and oxygen atoms in total. The molecule has 1 aliphatic carbocycles. The van der Waals surface area contributed by atoms with Gasteiger partial charge in [-0.1, -0.05) is 12.1 Å². The number of halogens is 4. The molecule has 3 aromatic carbocycles. The number of benzene rings is 3. The second-order valence-corrected chi connectivity index (χ2v) is 14.1. The molecule has 1 fully saturated rings. The molecule has 0 amide bonds. The Labute approximate surface area is 256 Å². The van der Waals surface area contributed by atoms with Crippen LogP contribution in [0.3, 0.4) is 0 Å². The number of hydrogen-bond donors (Lipinski definition) is 2. The molecule has 1 saturated heterocycles. The van der Waals surface area contributed by atoms with Gasteiger partial charge in [0, 0.05) is 34.7 Å². The van der Waals surface area contributed by atoms with Crippen LogP contribution in [0.2, 0.25) is 0 Å². The number of carboxylic acid groups (broad SMARTS) is 1. The average Bonchev–Trinajstić information content (AvgIpc) is 3.56. The van der Waals surface area contributed by atoms with E-state index in [4.69, 9.17) is 19.3 Å². The lowest BCUT2D eigenvalue weighted by atomic mass is 9.91. The Kier molecular flexibility index (Phi) is 7.97. The number of sulfone groups is 1. The maximum Gasteiger partial charge on any atom is 0.417 e. The third-order valence-corrected chi connectivity index (χ3v) is 10.3. The topological polar surface area (TPSA) is 119 Å². The van der Waals surface area contributed by atoms with E-state index in [0.29, 0.717) is 29.0 Å². The third-order valence-electron chi connectivity index (χ3n) is 8.70. The quantitative estimate of drug-likeness (QED) is 0.292. The molecule has 0 aromatic heterocycles. The molecule has 240 valence electrons. The number of alkyl halides is 3. The van der Waals surface area contributed by atoms with Crippen molar-refractivity contribution in [1.29, 1.82) is 0 Å². The maximum atomic E-state index is 15.5. The molecule has 45 heavy (non-hydrogen) atoms. The second-order valence-electron chi connectivity index (χ2n) is 11.8. The van der Waals surface area contributed by atoms with Gasteiger partial charge in [0.15, 0.2) is 9.84 Å². The van der Waals surface area contributed by atoms with Crippen molar-refractivity contribution in [2.45, 2.75) is 55.9 Å². The average molecular weight is 651 g/mol. The van der Waals surface area contributed by atoms with E-state index < -0.39 is 45.1 Å². The Balaban J connectivity index is 1.25. The van der Waals surface area contributed by atoms with Gasteiger partial charge in [-0.3, -0.25) is 4.79 Å². The Hall–Kier alpha value is -3.84. The zero-order valence-corrected chi connectivity index (χ0v) is 24.7. The first-order chi connectivity index (χ1) is 21.2. The largest absolute Gasteiger partial charge is 0.492 e. The van der Waals surface area contributed by atoms with Gasteiger partial charge in [0.1, 0.15) is 41.4 Å². The summed E-state index contributed by atoms with van der Waals surface area (Å²) in [6, 6.07) is 10.8. The van der Waals surface area contributed by atoms with Crippen molar-refractivity contribution in [3.63, 3.8) is 0 Å². The summed E-state index contributed by atoms with van der Waals surface area (Å²) in [5.74, 6) is -1.67. The maximum absolute atomic E-state index is 15.5. The molecule has 0 spiro atoms. The number of aliphatic hydroxyl groups is 1. The van der Waals surface area contributed by atoms with Crippen LogP contribution in [0.1, 0.15) is 60.0 Å². The van der Waals surface area contributed by atoms with Gasteiger partial charge in [-0.25, -0.2) is 12.8 Å². The van der Waals surface area contributed by atoms with Gasteiger partial charge in [0.25, 0.3) is 0 Å². The molecule has 13 heteroatoms. The smallest absolute Gasteiger partial charge is 0.417 e. The fraction of sp³-hybridized carbons (Fsp3) is 0.406. The summed E-state index contributed by atoms with van der Waals surface area (Å²) in [6.45, 7) is -0.0651. The lowest BCUT2D eigenvalue weighted by molar-refractivity contribution is -0.138. The SMILES string of the molecule is O=C(O)C[C@@H]1COc2cc(OC3CCc4c3ccc(C(F)(F)F)c4-c3ccc(OCC4(O)CCS(=O)(=O)CC4)cc3F)ccc21. The monoisotopic (exact) mass is 650 g/mol. The number of carbonyl (C=O) groups is 1. The van der Waals surface area contributed by atoms with E-state index in [2.05, 4.69) is 0 Å². The highest BCUT2D eigenvalue weighted by Crippen LogP contribution is 2.48. The highest BCUT2D eigenvalue weighted by atomic mass is 32.2. The van der Waals surface area contributed by atoms with Crippen LogP contribution >= 0.6 is 0 Å². The predicted octanol–water partition coefficient (Wildman–Crippen LogP) is 5.85. The Morgan fingerprint density at radius 3 is 2.42 bits per heavy atom. The Morgan fingerprint density at radius 2 is 1.73 bits per heavy atom. The number of ether oxygens (including phenoxy) is 3. The minimum absolute atomic E-state index is 0.00938. The van der Waals surface area contributed by atoms with Gasteiger partial charge in [-0.2, -0.15) is 13.2 Å². The van der Waals surface area contributed by atoms with Gasteiger partial charge in [0.05, 0.1) is 30.1 Å². The summed E-state index contributed by atoms with van der Waals surface area (Å²) in [5.41, 5.74) is -1.37. The van der Waals surface area contributed by atoms with Crippen LogP contribution in [0.5, 0.6) is 17.2 Å². The summed E-state index contributed by atoms with van der Waals surface area (Å²) in [6.07, 6.45) is -4.97. The summed E-state index contributed by atoms with van der Waals surface area (Å²) in [7, 11) is -3.23. The zero-order chi connectivity index (χ0) is 32.1. The normalized spacial score (nSPS) is 21.4. The van der Waals surface area contributed by atoms with E-state index >= 15 is 4.39 Å². The molecule has 2 heterocycles. The van der Waals surface area contributed by atoms with E-state index in [-0.39, 0.29) is 73.2 Å². The molecule has 2 aliphatic heterocycles. The summed E-state index contributed by atoms with van der Waals surface area (Å²) >= 11 is 0. The third kappa shape index (κ3) is 6.46. The minimum atomic E-state index is -4.76. The van der Waals surface area contributed by atoms with E-state index in [0.717, 1.165) is 17.7 Å². The number of hydrogen-bond acceptors (Lipinski definition) is 7. The number of carboxylic acids is 1. The van der Waals surface area contributed by atoms with Crippen molar-refractivity contribution >= 4 is 15.8 Å². The highest BCUT2D eigenvalue weighted by molar-refractivity contribution is 7.91. The highest BCUT2D eigenvalue weighted by Gasteiger charge is 2.39. The minimum Gasteiger partial charge on any atom is -0.492 e. The first kappa shape index (κ1) is 31.2. The van der Waals surface area contributed by atoms with E-state index in [1.807, 2.05) is 0 Å². The molecule has 3 aromatic rings. The number of aliphatic carboxylic acids is 1. The molecule has 2 atom stereocenters. The van der Waals surface area contributed by atoms with Crippen molar-refractivity contribution in [3.05, 3.63) is 76.6 Å². The molecule has 0 bridgehead atoms. The standard InChI is InChI=1S/C32H30F4O8S/c33-26-14-19(43-17-31(39)9-11-45(40,41)12-10-31)1-4-24(26)30-23-6-8-27(22(23)5-7-25(30)32(34,35)36)44-20-2-3-21-18(13-29(37)38)16-42-28(21)15-20/h1-5,7,14-15,18,27,39H,6,8-13,16-17H2,(H,37,38)/t18-,27?/m1/s1. The van der Waals surface area contributed by atoms with Crippen molar-refractivity contribution < 1.29 is 55.2 Å². The van der Waals surface area contributed by atoms with Crippen LogP contribution in [-0.2, 0) is 27.2 Å². The lowest BCUT2D eigenvalue weighted by Gasteiger charge is -2.31. The molecule has 1 unspecified atom stereocenters. The second kappa shape index (κ2) is 11.5. The molecular weight excluding hydrogens is 620 g/mol. The first-order valence-corrected chi connectivity index (χ1v) is 16.3. The van der Waals surface area contributed by atoms with Crippen LogP contribution in [0.15, 0.2) is 48.5 Å². The number of fused-ring (bicyclic) bond motifs is 2. The van der Waals surface area contributed by atoms with Gasteiger partial charge < -0.3 is 24.4 Å². The van der Waals surface area contributed by atoms with Crippen LogP contribution in [0.4, 0.5) is 17.6 Å². The van der Waals surface area contributed by atoms with E-state index in [1.165, 1.54) is 18.2 Å². The summed E-state index contributed by atoms with van der Waals surface area (Å²) in [4.78, 5) is 11.1. The van der Waals surface area contributed by atoms with Crippen LogP contribution in [0, 0.1) is 5.82 Å². The molecular formula is C32H30F4O8S. The Morgan fingerprint density at radius 1 is 1.02 bits per heavy atom. The van der Waals surface area contributed by atoms with Crippen LogP contribution in [0.25, 0.3) is 11.1 Å². The molecule has 0 radical (unpaired) electrons. The lowest BCUT2D eigenvalue weighted by Crippen LogP contribution is -2.43. The van der Waals surface area contributed by atoms with Crippen molar-refractivity contribution in [2.75, 3.05) is 24.7 Å². The van der Waals surface area contributed by atoms with Crippen LogP contribution in [-0.4, -0.2) is 54.9 Å². The fourth-order valence-corrected chi connectivity index (χ4v) is 7.86. The first-order valence-electron chi connectivity index (χ1n) is 14.4. The van der Waals surface area contributed by atoms with Gasteiger partial charge in [-0.15, -0.1) is 0 Å². The number of rotatable bonds is 8.